The summed E-state index contributed by atoms with van der Waals surface area (Å²) in [5.41, 5.74) is 0.983. The van der Waals surface area contributed by atoms with Gasteiger partial charge in [-0.2, -0.15) is 0 Å². The Kier molecular flexibility index (Phi) is 4.22. The van der Waals surface area contributed by atoms with Crippen LogP contribution in [0, 0.1) is 0 Å². The molecule has 1 heterocycles. The lowest BCUT2D eigenvalue weighted by atomic mass is 10.1. The number of benzene rings is 1. The molecule has 102 valence electrons. The number of hydrogen-bond acceptors (Lipinski definition) is 4. The van der Waals surface area contributed by atoms with E-state index >= 15 is 0 Å². The van der Waals surface area contributed by atoms with Gasteiger partial charge < -0.3 is 10.6 Å². The predicted molar refractivity (Wildman–Crippen MR) is 80.8 cm³/mol. The van der Waals surface area contributed by atoms with Crippen LogP contribution in [0.25, 0.3) is 10.9 Å². The minimum absolute atomic E-state index is 0.128. The van der Waals surface area contributed by atoms with Crippen molar-refractivity contribution in [2.45, 2.75) is 26.3 Å². The second kappa shape index (κ2) is 5.72. The summed E-state index contributed by atoms with van der Waals surface area (Å²) < 4.78 is 0. The number of rotatable bonds is 4. The number of fused-ring (bicyclic) bond motifs is 1. The standard InChI is InChI=1S/C14H19ClN4/c1-14(2,3)19-7-6-16-13-11-5-4-10(15)8-12(11)17-9-18-13/h4-5,8-9,19H,6-7H2,1-3H3,(H,16,17,18). The molecule has 0 radical (unpaired) electrons. The van der Waals surface area contributed by atoms with Gasteiger partial charge in [0.25, 0.3) is 0 Å². The smallest absolute Gasteiger partial charge is 0.137 e. The van der Waals surface area contributed by atoms with Crippen LogP contribution in [-0.4, -0.2) is 28.6 Å². The SMILES string of the molecule is CC(C)(C)NCCNc1ncnc2cc(Cl)ccc12. The number of nitrogens with one attached hydrogen (secondary N) is 2. The molecule has 0 saturated heterocycles. The highest BCUT2D eigenvalue weighted by molar-refractivity contribution is 6.31. The van der Waals surface area contributed by atoms with E-state index in [1.807, 2.05) is 18.2 Å². The van der Waals surface area contributed by atoms with Crippen molar-refractivity contribution in [2.75, 3.05) is 18.4 Å². The van der Waals surface area contributed by atoms with Gasteiger partial charge in [-0.1, -0.05) is 11.6 Å². The van der Waals surface area contributed by atoms with Crippen LogP contribution >= 0.6 is 11.6 Å². The molecule has 0 bridgehead atoms. The van der Waals surface area contributed by atoms with E-state index in [0.29, 0.717) is 5.02 Å². The van der Waals surface area contributed by atoms with E-state index in [0.717, 1.165) is 29.8 Å². The van der Waals surface area contributed by atoms with E-state index in [-0.39, 0.29) is 5.54 Å². The van der Waals surface area contributed by atoms with Crippen molar-refractivity contribution >= 4 is 28.3 Å². The monoisotopic (exact) mass is 278 g/mol. The largest absolute Gasteiger partial charge is 0.368 e. The van der Waals surface area contributed by atoms with E-state index in [2.05, 4.69) is 41.4 Å². The Morgan fingerprint density at radius 2 is 1.95 bits per heavy atom. The molecule has 0 aliphatic rings. The third-order valence-electron chi connectivity index (χ3n) is 2.67. The number of halogens is 1. The van der Waals surface area contributed by atoms with Crippen LogP contribution in [0.15, 0.2) is 24.5 Å². The fraction of sp³-hybridized carbons (Fsp3) is 0.429. The van der Waals surface area contributed by atoms with Crippen molar-refractivity contribution < 1.29 is 0 Å². The zero-order chi connectivity index (χ0) is 13.9. The molecular weight excluding hydrogens is 260 g/mol. The molecule has 5 heteroatoms. The Bertz CT molecular complexity index is 563. The van der Waals surface area contributed by atoms with Gasteiger partial charge in [-0.25, -0.2) is 9.97 Å². The minimum Gasteiger partial charge on any atom is -0.368 e. The predicted octanol–water partition coefficient (Wildman–Crippen LogP) is 3.08. The molecule has 0 aliphatic heterocycles. The Labute approximate surface area is 118 Å². The molecule has 0 saturated carbocycles. The molecule has 19 heavy (non-hydrogen) atoms. The van der Waals surface area contributed by atoms with E-state index in [4.69, 9.17) is 11.6 Å². The van der Waals surface area contributed by atoms with Crippen LogP contribution in [0.5, 0.6) is 0 Å². The van der Waals surface area contributed by atoms with Crippen LogP contribution in [0.2, 0.25) is 5.02 Å². The van der Waals surface area contributed by atoms with Crippen molar-refractivity contribution in [1.82, 2.24) is 15.3 Å². The first-order valence-electron chi connectivity index (χ1n) is 6.35. The summed E-state index contributed by atoms with van der Waals surface area (Å²) >= 11 is 5.96. The molecule has 2 N–H and O–H groups in total. The minimum atomic E-state index is 0.128. The Balaban J connectivity index is 2.05. The molecule has 2 aromatic rings. The summed E-state index contributed by atoms with van der Waals surface area (Å²) in [6, 6.07) is 5.64. The molecule has 2 rings (SSSR count). The number of nitrogens with zero attached hydrogens (tertiary/aromatic N) is 2. The van der Waals surface area contributed by atoms with Gasteiger partial charge in [0.05, 0.1) is 5.52 Å². The van der Waals surface area contributed by atoms with Crippen molar-refractivity contribution in [3.8, 4) is 0 Å². The maximum absolute atomic E-state index is 5.96. The molecule has 0 amide bonds. The molecular formula is C14H19ClN4. The second-order valence-electron chi connectivity index (χ2n) is 5.49. The quantitative estimate of drug-likeness (QED) is 0.844. The van der Waals surface area contributed by atoms with Gasteiger partial charge in [0, 0.05) is 29.0 Å². The number of anilines is 1. The fourth-order valence-corrected chi connectivity index (χ4v) is 1.96. The average molecular weight is 279 g/mol. The van der Waals surface area contributed by atoms with Crippen molar-refractivity contribution in [3.05, 3.63) is 29.5 Å². The third-order valence-corrected chi connectivity index (χ3v) is 2.91. The Morgan fingerprint density at radius 1 is 1.16 bits per heavy atom. The van der Waals surface area contributed by atoms with Gasteiger partial charge in [-0.05, 0) is 39.0 Å². The first kappa shape index (κ1) is 14.0. The zero-order valence-corrected chi connectivity index (χ0v) is 12.3. The van der Waals surface area contributed by atoms with E-state index < -0.39 is 0 Å². The molecule has 4 nitrogen and oxygen atoms in total. The maximum Gasteiger partial charge on any atom is 0.137 e. The highest BCUT2D eigenvalue weighted by atomic mass is 35.5. The van der Waals surface area contributed by atoms with Crippen LogP contribution in [0.3, 0.4) is 0 Å². The molecule has 0 fully saturated rings. The van der Waals surface area contributed by atoms with Gasteiger partial charge in [0.1, 0.15) is 12.1 Å². The lowest BCUT2D eigenvalue weighted by Gasteiger charge is -2.20. The van der Waals surface area contributed by atoms with E-state index in [1.165, 1.54) is 0 Å². The Hall–Kier alpha value is -1.39. The van der Waals surface area contributed by atoms with Gasteiger partial charge in [-0.3, -0.25) is 0 Å². The summed E-state index contributed by atoms with van der Waals surface area (Å²) in [5.74, 6) is 0.845. The molecule has 1 aromatic heterocycles. The molecule has 0 unspecified atom stereocenters. The van der Waals surface area contributed by atoms with Crippen LogP contribution in [0.4, 0.5) is 5.82 Å². The van der Waals surface area contributed by atoms with Gasteiger partial charge in [0.15, 0.2) is 0 Å². The summed E-state index contributed by atoms with van der Waals surface area (Å²) in [4.78, 5) is 8.50. The topological polar surface area (TPSA) is 49.8 Å². The van der Waals surface area contributed by atoms with Crippen LogP contribution in [0.1, 0.15) is 20.8 Å². The summed E-state index contributed by atoms with van der Waals surface area (Å²) in [7, 11) is 0. The average Bonchev–Trinajstić information content (AvgIpc) is 2.33. The summed E-state index contributed by atoms with van der Waals surface area (Å²) in [6.45, 7) is 8.13. The zero-order valence-electron chi connectivity index (χ0n) is 11.5. The summed E-state index contributed by atoms with van der Waals surface area (Å²) in [5, 5.41) is 8.42. The van der Waals surface area contributed by atoms with Crippen LogP contribution < -0.4 is 10.6 Å². The second-order valence-corrected chi connectivity index (χ2v) is 5.92. The van der Waals surface area contributed by atoms with E-state index in [9.17, 15) is 0 Å². The fourth-order valence-electron chi connectivity index (χ4n) is 1.79. The van der Waals surface area contributed by atoms with Crippen molar-refractivity contribution in [2.24, 2.45) is 0 Å². The first-order chi connectivity index (χ1) is 8.96. The van der Waals surface area contributed by atoms with E-state index in [1.54, 1.807) is 6.33 Å². The normalized spacial score (nSPS) is 11.8. The van der Waals surface area contributed by atoms with Gasteiger partial charge in [0.2, 0.25) is 0 Å². The van der Waals surface area contributed by atoms with Crippen LogP contribution in [-0.2, 0) is 0 Å². The highest BCUT2D eigenvalue weighted by Crippen LogP contribution is 2.22. The van der Waals surface area contributed by atoms with Crippen molar-refractivity contribution in [3.63, 3.8) is 0 Å². The lowest BCUT2D eigenvalue weighted by molar-refractivity contribution is 0.435. The highest BCUT2D eigenvalue weighted by Gasteiger charge is 2.08. The third kappa shape index (κ3) is 4.04. The molecule has 0 spiro atoms. The molecule has 0 aliphatic carbocycles. The molecule has 1 aromatic carbocycles. The first-order valence-corrected chi connectivity index (χ1v) is 6.73. The maximum atomic E-state index is 5.96. The molecule has 0 atom stereocenters. The van der Waals surface area contributed by atoms with Gasteiger partial charge in [-0.15, -0.1) is 0 Å². The Morgan fingerprint density at radius 3 is 2.68 bits per heavy atom. The number of aromatic nitrogens is 2. The number of hydrogen-bond donors (Lipinski definition) is 2. The lowest BCUT2D eigenvalue weighted by Crippen LogP contribution is -2.38. The summed E-state index contributed by atoms with van der Waals surface area (Å²) in [6.07, 6.45) is 1.55. The van der Waals surface area contributed by atoms with Gasteiger partial charge >= 0.3 is 0 Å². The van der Waals surface area contributed by atoms with Crippen molar-refractivity contribution in [1.29, 1.82) is 0 Å².